The number of carboxylic acids is 1. The third-order valence-electron chi connectivity index (χ3n) is 2.49. The molecular formula is C12H13BrN2O5. The van der Waals surface area contributed by atoms with Crippen LogP contribution in [-0.2, 0) is 9.59 Å². The van der Waals surface area contributed by atoms with Crippen molar-refractivity contribution in [3.05, 3.63) is 32.8 Å². The lowest BCUT2D eigenvalue weighted by Crippen LogP contribution is -2.17. The highest BCUT2D eigenvalue weighted by molar-refractivity contribution is 9.10. The van der Waals surface area contributed by atoms with Crippen LogP contribution in [0.3, 0.4) is 0 Å². The smallest absolute Gasteiger partial charge is 0.303 e. The van der Waals surface area contributed by atoms with Gasteiger partial charge in [-0.2, -0.15) is 0 Å². The van der Waals surface area contributed by atoms with Crippen LogP contribution in [0, 0.1) is 16.0 Å². The first-order valence-electron chi connectivity index (χ1n) is 5.75. The first-order valence-corrected chi connectivity index (χ1v) is 6.54. The third kappa shape index (κ3) is 4.96. The van der Waals surface area contributed by atoms with Gasteiger partial charge in [0.15, 0.2) is 0 Å². The summed E-state index contributed by atoms with van der Waals surface area (Å²) >= 11 is 3.05. The summed E-state index contributed by atoms with van der Waals surface area (Å²) in [6.07, 6.45) is -0.0156. The highest BCUT2D eigenvalue weighted by atomic mass is 79.9. The zero-order valence-corrected chi connectivity index (χ0v) is 12.2. The minimum Gasteiger partial charge on any atom is -0.481 e. The summed E-state index contributed by atoms with van der Waals surface area (Å²) in [5.41, 5.74) is 0.317. The lowest BCUT2D eigenvalue weighted by molar-refractivity contribution is -0.385. The Morgan fingerprint density at radius 2 is 2.10 bits per heavy atom. The number of nitrogens with one attached hydrogen (secondary N) is 1. The standard InChI is InChI=1S/C12H13BrN2O5/c1-7(5-12(17)18)4-11(16)14-8-2-3-10(15(19)20)9(13)6-8/h2-3,6-7H,4-5H2,1H3,(H,14,16)(H,17,18). The minimum absolute atomic E-state index is 0.0703. The molecule has 0 saturated carbocycles. The predicted octanol–water partition coefficient (Wildman–Crippen LogP) is 2.80. The predicted molar refractivity (Wildman–Crippen MR) is 75.5 cm³/mol. The van der Waals surface area contributed by atoms with Crippen molar-refractivity contribution in [2.75, 3.05) is 5.32 Å². The van der Waals surface area contributed by atoms with Gasteiger partial charge < -0.3 is 10.4 Å². The fourth-order valence-electron chi connectivity index (χ4n) is 1.63. The molecule has 1 aromatic rings. The number of rotatable bonds is 6. The topological polar surface area (TPSA) is 110 Å². The quantitative estimate of drug-likeness (QED) is 0.609. The summed E-state index contributed by atoms with van der Waals surface area (Å²) in [4.78, 5) is 32.3. The Balaban J connectivity index is 2.65. The second-order valence-corrected chi connectivity index (χ2v) is 5.23. The molecule has 0 fully saturated rings. The summed E-state index contributed by atoms with van der Waals surface area (Å²) < 4.78 is 0.263. The molecule has 0 aliphatic carbocycles. The van der Waals surface area contributed by atoms with Crippen molar-refractivity contribution >= 4 is 39.2 Å². The van der Waals surface area contributed by atoms with Crippen molar-refractivity contribution in [1.82, 2.24) is 0 Å². The fourth-order valence-corrected chi connectivity index (χ4v) is 2.16. The number of benzene rings is 1. The van der Waals surface area contributed by atoms with Gasteiger partial charge in [0.1, 0.15) is 0 Å². The molecule has 0 aliphatic heterocycles. The van der Waals surface area contributed by atoms with E-state index in [1.165, 1.54) is 18.2 Å². The molecule has 7 nitrogen and oxygen atoms in total. The molecule has 20 heavy (non-hydrogen) atoms. The van der Waals surface area contributed by atoms with E-state index in [1.54, 1.807) is 6.92 Å². The van der Waals surface area contributed by atoms with E-state index in [0.29, 0.717) is 5.69 Å². The van der Waals surface area contributed by atoms with Gasteiger partial charge in [0.25, 0.3) is 5.69 Å². The number of aliphatic carboxylic acids is 1. The number of nitro groups is 1. The van der Waals surface area contributed by atoms with Crippen molar-refractivity contribution in [3.63, 3.8) is 0 Å². The van der Waals surface area contributed by atoms with Crippen LogP contribution in [0.2, 0.25) is 0 Å². The number of carbonyl (C=O) groups excluding carboxylic acids is 1. The number of carbonyl (C=O) groups is 2. The Hall–Kier alpha value is -1.96. The lowest BCUT2D eigenvalue weighted by atomic mass is 10.0. The van der Waals surface area contributed by atoms with Gasteiger partial charge in [0, 0.05) is 24.6 Å². The second-order valence-electron chi connectivity index (χ2n) is 4.38. The van der Waals surface area contributed by atoms with Gasteiger partial charge in [0.05, 0.1) is 9.40 Å². The normalized spacial score (nSPS) is 11.7. The van der Waals surface area contributed by atoms with Crippen molar-refractivity contribution < 1.29 is 19.6 Å². The highest BCUT2D eigenvalue weighted by Gasteiger charge is 2.15. The van der Waals surface area contributed by atoms with Crippen LogP contribution in [-0.4, -0.2) is 21.9 Å². The number of nitro benzene ring substituents is 1. The van der Waals surface area contributed by atoms with Gasteiger partial charge in [-0.3, -0.25) is 19.7 Å². The van der Waals surface area contributed by atoms with E-state index < -0.39 is 10.9 Å². The fraction of sp³-hybridized carbons (Fsp3) is 0.333. The average Bonchev–Trinajstić information content (AvgIpc) is 2.26. The maximum Gasteiger partial charge on any atom is 0.303 e. The van der Waals surface area contributed by atoms with E-state index in [4.69, 9.17) is 5.11 Å². The van der Waals surface area contributed by atoms with E-state index in [1.807, 2.05) is 0 Å². The molecule has 8 heteroatoms. The van der Waals surface area contributed by atoms with Crippen LogP contribution in [0.15, 0.2) is 22.7 Å². The zero-order chi connectivity index (χ0) is 15.3. The van der Waals surface area contributed by atoms with Gasteiger partial charge in [-0.1, -0.05) is 6.92 Å². The van der Waals surface area contributed by atoms with Crippen LogP contribution in [0.5, 0.6) is 0 Å². The molecule has 1 atom stereocenters. The Bertz CT molecular complexity index is 547. The Labute approximate surface area is 123 Å². The van der Waals surface area contributed by atoms with Crippen molar-refractivity contribution in [1.29, 1.82) is 0 Å². The number of nitrogens with zero attached hydrogens (tertiary/aromatic N) is 1. The summed E-state index contributed by atoms with van der Waals surface area (Å²) in [5, 5.41) is 21.8. The largest absolute Gasteiger partial charge is 0.481 e. The Kier molecular flexibility index (Phi) is 5.63. The van der Waals surface area contributed by atoms with Gasteiger partial charge in [-0.25, -0.2) is 0 Å². The molecule has 0 radical (unpaired) electrons. The van der Waals surface area contributed by atoms with E-state index >= 15 is 0 Å². The number of hydrogen-bond donors (Lipinski definition) is 2. The number of amides is 1. The van der Waals surface area contributed by atoms with Gasteiger partial charge >= 0.3 is 5.97 Å². The molecule has 0 bridgehead atoms. The van der Waals surface area contributed by atoms with Crippen LogP contribution in [0.1, 0.15) is 19.8 Å². The zero-order valence-electron chi connectivity index (χ0n) is 10.6. The number of carboxylic acid groups (broad SMARTS) is 1. The van der Waals surface area contributed by atoms with Gasteiger partial charge in [-0.05, 0) is 34.0 Å². The minimum atomic E-state index is -0.955. The average molecular weight is 345 g/mol. The number of halogens is 1. The molecule has 0 spiro atoms. The molecule has 1 unspecified atom stereocenters. The first-order chi connectivity index (χ1) is 9.29. The lowest BCUT2D eigenvalue weighted by Gasteiger charge is -2.09. The molecule has 1 rings (SSSR count). The molecular weight excluding hydrogens is 332 g/mol. The second kappa shape index (κ2) is 6.99. The van der Waals surface area contributed by atoms with Crippen LogP contribution in [0.25, 0.3) is 0 Å². The molecule has 0 saturated heterocycles. The number of hydrogen-bond acceptors (Lipinski definition) is 4. The summed E-state index contributed by atoms with van der Waals surface area (Å²) in [6, 6.07) is 4.13. The molecule has 0 heterocycles. The molecule has 0 aromatic heterocycles. The maximum atomic E-state index is 11.7. The van der Waals surface area contributed by atoms with E-state index in [-0.39, 0.29) is 34.8 Å². The van der Waals surface area contributed by atoms with Crippen molar-refractivity contribution in [3.8, 4) is 0 Å². The number of anilines is 1. The van der Waals surface area contributed by atoms with Crippen LogP contribution < -0.4 is 5.32 Å². The molecule has 2 N–H and O–H groups in total. The molecule has 0 aliphatic rings. The molecule has 1 amide bonds. The molecule has 108 valence electrons. The van der Waals surface area contributed by atoms with Crippen molar-refractivity contribution in [2.45, 2.75) is 19.8 Å². The summed E-state index contributed by atoms with van der Waals surface area (Å²) in [7, 11) is 0. The monoisotopic (exact) mass is 344 g/mol. The van der Waals surface area contributed by atoms with E-state index in [9.17, 15) is 19.7 Å². The summed E-state index contributed by atoms with van der Waals surface area (Å²) in [6.45, 7) is 1.67. The molecule has 1 aromatic carbocycles. The van der Waals surface area contributed by atoms with Crippen LogP contribution in [0.4, 0.5) is 11.4 Å². The Morgan fingerprint density at radius 1 is 1.45 bits per heavy atom. The third-order valence-corrected chi connectivity index (χ3v) is 3.12. The highest BCUT2D eigenvalue weighted by Crippen LogP contribution is 2.27. The van der Waals surface area contributed by atoms with Gasteiger partial charge in [0.2, 0.25) is 5.91 Å². The maximum absolute atomic E-state index is 11.7. The SMILES string of the molecule is CC(CC(=O)O)CC(=O)Nc1ccc([N+](=O)[O-])c(Br)c1. The van der Waals surface area contributed by atoms with E-state index in [2.05, 4.69) is 21.2 Å². The Morgan fingerprint density at radius 3 is 2.60 bits per heavy atom. The van der Waals surface area contributed by atoms with Crippen LogP contribution >= 0.6 is 15.9 Å². The van der Waals surface area contributed by atoms with Gasteiger partial charge in [-0.15, -0.1) is 0 Å². The van der Waals surface area contributed by atoms with E-state index in [0.717, 1.165) is 0 Å². The first kappa shape index (κ1) is 16.1. The summed E-state index contributed by atoms with van der Waals surface area (Å²) in [5.74, 6) is -1.57. The van der Waals surface area contributed by atoms with Crippen molar-refractivity contribution in [2.24, 2.45) is 5.92 Å².